The quantitative estimate of drug-likeness (QED) is 0.734. The number of hydrogen-bond donors (Lipinski definition) is 1. The Labute approximate surface area is 180 Å². The van der Waals surface area contributed by atoms with Gasteiger partial charge in [-0.05, 0) is 55.0 Å². The van der Waals surface area contributed by atoms with Crippen LogP contribution in [-0.2, 0) is 17.8 Å². The first-order valence-corrected chi connectivity index (χ1v) is 10.4. The van der Waals surface area contributed by atoms with Crippen LogP contribution in [0.15, 0.2) is 48.7 Å². The van der Waals surface area contributed by atoms with E-state index in [9.17, 15) is 14.4 Å². The van der Waals surface area contributed by atoms with Gasteiger partial charge < -0.3 is 10.2 Å². The van der Waals surface area contributed by atoms with Crippen molar-refractivity contribution >= 4 is 29.2 Å². The highest BCUT2D eigenvalue weighted by atomic mass is 35.5. The Morgan fingerprint density at radius 2 is 2.03 bits per heavy atom. The maximum Gasteiger partial charge on any atom is 0.255 e. The summed E-state index contributed by atoms with van der Waals surface area (Å²) >= 11 is 6.13. The first-order chi connectivity index (χ1) is 14.3. The van der Waals surface area contributed by atoms with Gasteiger partial charge in [-0.25, -0.2) is 0 Å². The van der Waals surface area contributed by atoms with E-state index in [1.54, 1.807) is 23.1 Å². The van der Waals surface area contributed by atoms with E-state index < -0.39 is 6.04 Å². The molecule has 0 bridgehead atoms. The van der Waals surface area contributed by atoms with Crippen molar-refractivity contribution in [1.82, 2.24) is 10.2 Å². The standard InChI is InChI=1S/C24H23ClN2O3/c1-14-3-7-17(12-20(14)25)22(28)10-6-16-5-8-19-18(11-16)13-27(24(19)30)21-9-4-15(2)26-23(21)29/h3,5,7-8,11-12,21H,2,4,6,9-10,13H2,1H3,(H,26,29). The van der Waals surface area contributed by atoms with Crippen LogP contribution in [-0.4, -0.2) is 28.5 Å². The van der Waals surface area contributed by atoms with Gasteiger partial charge >= 0.3 is 0 Å². The molecule has 0 radical (unpaired) electrons. The molecule has 5 nitrogen and oxygen atoms in total. The van der Waals surface area contributed by atoms with Gasteiger partial charge in [-0.1, -0.05) is 42.4 Å². The van der Waals surface area contributed by atoms with E-state index in [1.807, 2.05) is 25.1 Å². The van der Waals surface area contributed by atoms with Gasteiger partial charge in [0.2, 0.25) is 5.91 Å². The predicted molar refractivity (Wildman–Crippen MR) is 115 cm³/mol. The summed E-state index contributed by atoms with van der Waals surface area (Å²) in [7, 11) is 0. The van der Waals surface area contributed by atoms with Crippen molar-refractivity contribution in [3.8, 4) is 0 Å². The number of piperidine rings is 1. The maximum atomic E-state index is 12.8. The fraction of sp³-hybridized carbons (Fsp3) is 0.292. The molecule has 2 amide bonds. The highest BCUT2D eigenvalue weighted by Crippen LogP contribution is 2.29. The minimum Gasteiger partial charge on any atom is -0.329 e. The summed E-state index contributed by atoms with van der Waals surface area (Å²) < 4.78 is 0. The zero-order valence-corrected chi connectivity index (χ0v) is 17.6. The predicted octanol–water partition coefficient (Wildman–Crippen LogP) is 4.21. The van der Waals surface area contributed by atoms with Gasteiger partial charge in [-0.2, -0.15) is 0 Å². The van der Waals surface area contributed by atoms with Gasteiger partial charge in [0.15, 0.2) is 5.78 Å². The Bertz CT molecular complexity index is 1080. The van der Waals surface area contributed by atoms with Crippen LogP contribution in [0.25, 0.3) is 0 Å². The lowest BCUT2D eigenvalue weighted by Crippen LogP contribution is -2.49. The third-order valence-corrected chi connectivity index (χ3v) is 6.24. The zero-order chi connectivity index (χ0) is 21.4. The van der Waals surface area contributed by atoms with Crippen LogP contribution in [0.5, 0.6) is 0 Å². The number of fused-ring (bicyclic) bond motifs is 1. The van der Waals surface area contributed by atoms with Crippen LogP contribution in [0.4, 0.5) is 0 Å². The molecule has 0 aromatic heterocycles. The lowest BCUT2D eigenvalue weighted by Gasteiger charge is -2.30. The number of aryl methyl sites for hydroxylation is 2. The Morgan fingerprint density at radius 3 is 2.77 bits per heavy atom. The molecule has 0 saturated carbocycles. The molecule has 2 heterocycles. The van der Waals surface area contributed by atoms with E-state index >= 15 is 0 Å². The maximum absolute atomic E-state index is 12.8. The largest absolute Gasteiger partial charge is 0.329 e. The fourth-order valence-electron chi connectivity index (χ4n) is 4.03. The average Bonchev–Trinajstić information content (AvgIpc) is 3.04. The number of hydrogen-bond acceptors (Lipinski definition) is 3. The number of ketones is 1. The molecular weight excluding hydrogens is 400 g/mol. The van der Waals surface area contributed by atoms with E-state index in [2.05, 4.69) is 11.9 Å². The number of nitrogens with zero attached hydrogens (tertiary/aromatic N) is 1. The van der Waals surface area contributed by atoms with Crippen molar-refractivity contribution in [3.63, 3.8) is 0 Å². The molecule has 2 aromatic rings. The van der Waals surface area contributed by atoms with Crippen LogP contribution in [0.3, 0.4) is 0 Å². The molecule has 1 N–H and O–H groups in total. The molecule has 1 fully saturated rings. The molecule has 6 heteroatoms. The van der Waals surface area contributed by atoms with E-state index in [-0.39, 0.29) is 17.6 Å². The van der Waals surface area contributed by atoms with Crippen molar-refractivity contribution < 1.29 is 14.4 Å². The normalized spacial score (nSPS) is 18.4. The van der Waals surface area contributed by atoms with Crippen molar-refractivity contribution in [2.24, 2.45) is 0 Å². The summed E-state index contributed by atoms with van der Waals surface area (Å²) in [5.41, 5.74) is 4.78. The van der Waals surface area contributed by atoms with Gasteiger partial charge in [-0.15, -0.1) is 0 Å². The molecule has 154 valence electrons. The first-order valence-electron chi connectivity index (χ1n) is 10.0. The summed E-state index contributed by atoms with van der Waals surface area (Å²) in [5.74, 6) is -0.251. The number of allylic oxidation sites excluding steroid dienone is 1. The number of rotatable bonds is 5. The van der Waals surface area contributed by atoms with E-state index in [1.165, 1.54) is 0 Å². The van der Waals surface area contributed by atoms with Crippen molar-refractivity contribution in [1.29, 1.82) is 0 Å². The summed E-state index contributed by atoms with van der Waals surface area (Å²) in [6, 6.07) is 10.6. The van der Waals surface area contributed by atoms with E-state index in [0.717, 1.165) is 16.7 Å². The number of halogens is 1. The average molecular weight is 423 g/mol. The van der Waals surface area contributed by atoms with Crippen LogP contribution in [0.1, 0.15) is 56.7 Å². The number of benzene rings is 2. The fourth-order valence-corrected chi connectivity index (χ4v) is 4.21. The molecule has 1 atom stereocenters. The molecule has 0 spiro atoms. The summed E-state index contributed by atoms with van der Waals surface area (Å²) in [6.45, 7) is 6.10. The van der Waals surface area contributed by atoms with Crippen molar-refractivity contribution in [2.45, 2.75) is 45.2 Å². The Kier molecular flexibility index (Phi) is 5.48. The Balaban J connectivity index is 1.44. The van der Waals surface area contributed by atoms with Gasteiger partial charge in [0, 0.05) is 34.8 Å². The number of nitrogens with one attached hydrogen (secondary N) is 1. The minimum absolute atomic E-state index is 0.0363. The minimum atomic E-state index is -0.466. The smallest absolute Gasteiger partial charge is 0.255 e. The van der Waals surface area contributed by atoms with Crippen LogP contribution in [0, 0.1) is 6.92 Å². The third-order valence-electron chi connectivity index (χ3n) is 5.83. The lowest BCUT2D eigenvalue weighted by molar-refractivity contribution is -0.126. The van der Waals surface area contributed by atoms with Crippen molar-refractivity contribution in [3.05, 3.63) is 81.5 Å². The molecule has 2 aromatic carbocycles. The molecule has 2 aliphatic rings. The number of carbonyl (C=O) groups is 3. The number of amides is 2. The second-order valence-corrected chi connectivity index (χ2v) is 8.37. The highest BCUT2D eigenvalue weighted by Gasteiger charge is 2.38. The topological polar surface area (TPSA) is 66.5 Å². The van der Waals surface area contributed by atoms with Gasteiger partial charge in [-0.3, -0.25) is 14.4 Å². The molecule has 4 rings (SSSR count). The molecule has 2 aliphatic heterocycles. The van der Waals surface area contributed by atoms with Gasteiger partial charge in [0.05, 0.1) is 0 Å². The number of carbonyl (C=O) groups excluding carboxylic acids is 3. The summed E-state index contributed by atoms with van der Waals surface area (Å²) in [5, 5.41) is 3.34. The molecular formula is C24H23ClN2O3. The summed E-state index contributed by atoms with van der Waals surface area (Å²) in [4.78, 5) is 39.3. The van der Waals surface area contributed by atoms with Gasteiger partial charge in [0.1, 0.15) is 6.04 Å². The Hall–Kier alpha value is -2.92. The zero-order valence-electron chi connectivity index (χ0n) is 16.8. The van der Waals surface area contributed by atoms with Crippen LogP contribution in [0.2, 0.25) is 5.02 Å². The first kappa shape index (κ1) is 20.4. The lowest BCUT2D eigenvalue weighted by atomic mass is 9.99. The highest BCUT2D eigenvalue weighted by molar-refractivity contribution is 6.31. The van der Waals surface area contributed by atoms with Crippen molar-refractivity contribution in [2.75, 3.05) is 0 Å². The SMILES string of the molecule is C=C1CCC(N2Cc3cc(CCC(=O)c4ccc(C)c(Cl)c4)ccc3C2=O)C(=O)N1. The molecule has 1 saturated heterocycles. The molecule has 0 aliphatic carbocycles. The second-order valence-electron chi connectivity index (χ2n) is 7.96. The summed E-state index contributed by atoms with van der Waals surface area (Å²) in [6.07, 6.45) is 2.20. The van der Waals surface area contributed by atoms with Crippen LogP contribution >= 0.6 is 11.6 Å². The van der Waals surface area contributed by atoms with Gasteiger partial charge in [0.25, 0.3) is 5.91 Å². The van der Waals surface area contributed by atoms with E-state index in [0.29, 0.717) is 54.1 Å². The van der Waals surface area contributed by atoms with Crippen LogP contribution < -0.4 is 5.32 Å². The second kappa shape index (κ2) is 8.07. The molecule has 1 unspecified atom stereocenters. The third kappa shape index (κ3) is 3.90. The van der Waals surface area contributed by atoms with E-state index in [4.69, 9.17) is 11.6 Å². The molecule has 30 heavy (non-hydrogen) atoms. The monoisotopic (exact) mass is 422 g/mol. The number of Topliss-reactive ketones (excluding diaryl/α,β-unsaturated/α-hetero) is 1. The Morgan fingerprint density at radius 1 is 1.23 bits per heavy atom.